The Morgan fingerprint density at radius 3 is 2.13 bits per heavy atom. The van der Waals surface area contributed by atoms with Crippen molar-refractivity contribution in [1.82, 2.24) is 15.1 Å². The van der Waals surface area contributed by atoms with Crippen molar-refractivity contribution in [3.05, 3.63) is 60.4 Å². The summed E-state index contributed by atoms with van der Waals surface area (Å²) in [6, 6.07) is 12.8. The number of ether oxygens (including phenoxy) is 2. The molecule has 1 heterocycles. The number of anilines is 1. The summed E-state index contributed by atoms with van der Waals surface area (Å²) in [5.41, 5.74) is 9.01. The van der Waals surface area contributed by atoms with Crippen LogP contribution in [0.4, 0.5) is 36.8 Å². The van der Waals surface area contributed by atoms with Crippen LogP contribution in [0, 0.1) is 0 Å². The van der Waals surface area contributed by atoms with Gasteiger partial charge in [-0.2, -0.15) is 31.4 Å². The Hall–Kier alpha value is -5.04. The fraction of sp³-hybridized carbons (Fsp3) is 0.333. The van der Waals surface area contributed by atoms with E-state index in [0.29, 0.717) is 44.1 Å². The molecule has 2 aromatic carbocycles. The molecular weight excluding hydrogens is 636 g/mol. The van der Waals surface area contributed by atoms with Crippen LogP contribution in [0.25, 0.3) is 11.1 Å². The Morgan fingerprint density at radius 1 is 1.00 bits per heavy atom. The lowest BCUT2D eigenvalue weighted by atomic mass is 10.1. The number of amides is 2. The lowest BCUT2D eigenvalue weighted by Gasteiger charge is -2.24. The molecular formula is C27H31F6N5O8. The lowest BCUT2D eigenvalue weighted by Crippen LogP contribution is -2.38. The van der Waals surface area contributed by atoms with Crippen LogP contribution >= 0.6 is 0 Å². The van der Waals surface area contributed by atoms with Gasteiger partial charge in [-0.1, -0.05) is 18.2 Å². The highest BCUT2D eigenvalue weighted by Gasteiger charge is 2.38. The van der Waals surface area contributed by atoms with Gasteiger partial charge in [-0.05, 0) is 35.4 Å². The fourth-order valence-electron chi connectivity index (χ4n) is 3.17. The molecule has 0 fully saturated rings. The number of carbonyl (C=O) groups is 3. The Kier molecular flexibility index (Phi) is 15.8. The second-order valence-electron chi connectivity index (χ2n) is 8.72. The third-order valence-corrected chi connectivity index (χ3v) is 5.29. The van der Waals surface area contributed by atoms with E-state index in [1.54, 1.807) is 30.5 Å². The van der Waals surface area contributed by atoms with Crippen LogP contribution in [0.2, 0.25) is 0 Å². The molecule has 0 saturated carbocycles. The first-order chi connectivity index (χ1) is 21.5. The van der Waals surface area contributed by atoms with E-state index in [0.717, 1.165) is 22.4 Å². The molecule has 0 aliphatic heterocycles. The van der Waals surface area contributed by atoms with E-state index in [2.05, 4.69) is 15.5 Å². The van der Waals surface area contributed by atoms with Crippen LogP contribution in [0.3, 0.4) is 0 Å². The average Bonchev–Trinajstić information content (AvgIpc) is 3.53. The van der Waals surface area contributed by atoms with E-state index >= 15 is 0 Å². The number of carboxylic acid groups (broad SMARTS) is 2. The maximum absolute atomic E-state index is 13.1. The predicted octanol–water partition coefficient (Wildman–Crippen LogP) is 4.11. The number of aliphatic carboxylic acids is 2. The number of aliphatic hydroxyl groups excluding tert-OH is 1. The number of hydrogen-bond donors (Lipinski definition) is 6. The Morgan fingerprint density at radius 2 is 1.63 bits per heavy atom. The molecule has 0 aliphatic rings. The van der Waals surface area contributed by atoms with Gasteiger partial charge in [0.05, 0.1) is 25.6 Å². The molecule has 0 radical (unpaired) electrons. The smallest absolute Gasteiger partial charge is 0.490 e. The fourth-order valence-corrected chi connectivity index (χ4v) is 3.17. The number of methoxy groups -OCH3 is 1. The molecule has 0 bridgehead atoms. The van der Waals surface area contributed by atoms with Crippen LogP contribution in [-0.4, -0.2) is 94.2 Å². The number of carbonyl (C=O) groups excluding carboxylic acids is 1. The third-order valence-electron chi connectivity index (χ3n) is 5.29. The number of nitrogens with zero attached hydrogens (tertiary/aromatic N) is 2. The minimum absolute atomic E-state index is 0.0218. The van der Waals surface area contributed by atoms with Crippen LogP contribution in [-0.2, 0) is 16.1 Å². The quantitative estimate of drug-likeness (QED) is 0.128. The molecule has 46 heavy (non-hydrogen) atoms. The largest absolute Gasteiger partial charge is 0.497 e. The lowest BCUT2D eigenvalue weighted by molar-refractivity contribution is -0.193. The minimum atomic E-state index is -5.08. The predicted molar refractivity (Wildman–Crippen MR) is 150 cm³/mol. The molecule has 0 atom stereocenters. The first-order valence-corrected chi connectivity index (χ1v) is 12.9. The molecule has 3 rings (SSSR count). The second-order valence-corrected chi connectivity index (χ2v) is 8.72. The van der Waals surface area contributed by atoms with Crippen LogP contribution in [0.5, 0.6) is 11.5 Å². The van der Waals surface area contributed by atoms with E-state index < -0.39 is 24.3 Å². The number of hydrogen-bond acceptors (Lipinski definition) is 8. The highest BCUT2D eigenvalue weighted by molar-refractivity contribution is 5.91. The molecule has 0 unspecified atom stereocenters. The van der Waals surface area contributed by atoms with Gasteiger partial charge in [-0.25, -0.2) is 14.4 Å². The Bertz CT molecular complexity index is 1360. The zero-order chi connectivity index (χ0) is 34.9. The number of alkyl halides is 6. The molecule has 0 saturated heterocycles. The number of nitrogens with two attached hydrogens (primary N) is 1. The van der Waals surface area contributed by atoms with Crippen molar-refractivity contribution in [2.45, 2.75) is 25.3 Å². The van der Waals surface area contributed by atoms with Gasteiger partial charge in [-0.15, -0.1) is 0 Å². The number of nitrogens with one attached hydrogen (secondary N) is 2. The number of urea groups is 1. The number of rotatable bonds is 11. The zero-order valence-corrected chi connectivity index (χ0v) is 24.1. The highest BCUT2D eigenvalue weighted by atomic mass is 19.4. The number of aliphatic hydroxyl groups is 1. The van der Waals surface area contributed by atoms with Crippen LogP contribution in [0.15, 0.2) is 54.9 Å². The van der Waals surface area contributed by atoms with E-state index in [-0.39, 0.29) is 12.6 Å². The van der Waals surface area contributed by atoms with Crippen molar-refractivity contribution >= 4 is 23.7 Å². The zero-order valence-electron chi connectivity index (χ0n) is 24.1. The van der Waals surface area contributed by atoms with Gasteiger partial charge in [0.1, 0.15) is 11.5 Å². The molecule has 0 spiro atoms. The first-order valence-electron chi connectivity index (χ1n) is 12.9. The molecule has 2 amide bonds. The number of aromatic amines is 1. The second kappa shape index (κ2) is 18.7. The van der Waals surface area contributed by atoms with E-state index in [1.165, 1.54) is 0 Å². The summed E-state index contributed by atoms with van der Waals surface area (Å²) in [5.74, 6) is -4.27. The SMILES string of the molecule is COc1cccc(CN(CCN)C(=O)Nc2ccc(-c3cn[nH]c3)cc2OCCCO)c1.O=C(O)C(F)(F)F.O=C(O)C(F)(F)F. The van der Waals surface area contributed by atoms with Crippen molar-refractivity contribution in [2.75, 3.05) is 38.7 Å². The summed E-state index contributed by atoms with van der Waals surface area (Å²) in [6.07, 6.45) is -6.19. The summed E-state index contributed by atoms with van der Waals surface area (Å²) < 4.78 is 74.6. The molecule has 0 aliphatic carbocycles. The van der Waals surface area contributed by atoms with Gasteiger partial charge in [0.2, 0.25) is 0 Å². The average molecular weight is 668 g/mol. The maximum atomic E-state index is 13.1. The molecule has 3 aromatic rings. The van der Waals surface area contributed by atoms with Crippen molar-refractivity contribution in [1.29, 1.82) is 0 Å². The van der Waals surface area contributed by atoms with Crippen molar-refractivity contribution < 1.29 is 65.5 Å². The van der Waals surface area contributed by atoms with Crippen molar-refractivity contribution in [2.24, 2.45) is 5.73 Å². The highest BCUT2D eigenvalue weighted by Crippen LogP contribution is 2.31. The van der Waals surface area contributed by atoms with Gasteiger partial charge in [0, 0.05) is 44.4 Å². The number of halogens is 6. The summed E-state index contributed by atoms with van der Waals surface area (Å²) in [5, 5.41) is 33.0. The maximum Gasteiger partial charge on any atom is 0.490 e. The van der Waals surface area contributed by atoms with Crippen molar-refractivity contribution in [3.63, 3.8) is 0 Å². The number of aromatic nitrogens is 2. The summed E-state index contributed by atoms with van der Waals surface area (Å²) in [7, 11) is 1.61. The standard InChI is InChI=1S/C23H29N5O4.2C2HF3O2/c1-31-20-5-2-4-17(12-20)16-28(9-8-24)23(30)27-21-7-6-18(19-14-25-26-15-19)13-22(21)32-11-3-10-29;2*3-2(4,5)1(6)7/h2,4-7,12-15,29H,3,8-11,16,24H2,1H3,(H,25,26)(H,27,30);2*(H,6,7). The normalized spacial score (nSPS) is 10.8. The molecule has 1 aromatic heterocycles. The van der Waals surface area contributed by atoms with Gasteiger partial charge in [-0.3, -0.25) is 5.10 Å². The number of carboxylic acids is 2. The number of H-pyrrole nitrogens is 1. The minimum Gasteiger partial charge on any atom is -0.497 e. The third kappa shape index (κ3) is 14.2. The van der Waals surface area contributed by atoms with E-state index in [4.69, 9.17) is 40.1 Å². The number of benzene rings is 2. The topological polar surface area (TPSA) is 200 Å². The van der Waals surface area contributed by atoms with E-state index in [1.807, 2.05) is 36.4 Å². The van der Waals surface area contributed by atoms with Crippen LogP contribution in [0.1, 0.15) is 12.0 Å². The van der Waals surface area contributed by atoms with Crippen LogP contribution < -0.4 is 20.5 Å². The Labute approximate surface area is 257 Å². The van der Waals surface area contributed by atoms with Gasteiger partial charge in [0.15, 0.2) is 0 Å². The Balaban J connectivity index is 0.000000629. The van der Waals surface area contributed by atoms with Gasteiger partial charge >= 0.3 is 30.3 Å². The summed E-state index contributed by atoms with van der Waals surface area (Å²) >= 11 is 0. The molecule has 19 heteroatoms. The molecule has 7 N–H and O–H groups in total. The van der Waals surface area contributed by atoms with Gasteiger partial charge in [0.25, 0.3) is 0 Å². The summed E-state index contributed by atoms with van der Waals surface area (Å²) in [4.78, 5) is 32.5. The van der Waals surface area contributed by atoms with Gasteiger partial charge < -0.3 is 40.7 Å². The first kappa shape index (κ1) is 39.0. The van der Waals surface area contributed by atoms with Crippen molar-refractivity contribution in [3.8, 4) is 22.6 Å². The summed E-state index contributed by atoms with van der Waals surface area (Å²) in [6.45, 7) is 1.44. The molecule has 13 nitrogen and oxygen atoms in total. The monoisotopic (exact) mass is 667 g/mol. The molecule has 254 valence electrons. The van der Waals surface area contributed by atoms with E-state index in [9.17, 15) is 31.1 Å².